The van der Waals surface area contributed by atoms with Crippen molar-refractivity contribution in [1.82, 2.24) is 0 Å². The van der Waals surface area contributed by atoms with Gasteiger partial charge in [-0.1, -0.05) is 23.7 Å². The number of anilines is 1. The molecule has 6 nitrogen and oxygen atoms in total. The molecule has 2 rings (SSSR count). The van der Waals surface area contributed by atoms with Crippen molar-refractivity contribution in [1.29, 1.82) is 5.26 Å². The average molecular weight is 362 g/mol. The second-order valence-electron chi connectivity index (χ2n) is 4.77. The molecule has 0 aliphatic rings. The number of nitrogens with zero attached hydrogens (tertiary/aromatic N) is 2. The molecule has 24 heavy (non-hydrogen) atoms. The van der Waals surface area contributed by atoms with E-state index in [-0.39, 0.29) is 22.4 Å². The van der Waals surface area contributed by atoms with Gasteiger partial charge < -0.3 is 5.32 Å². The van der Waals surface area contributed by atoms with Crippen molar-refractivity contribution in [2.24, 2.45) is 0 Å². The maximum Gasteiger partial charge on any atom is 0.271 e. The normalized spacial score (nSPS) is 10.0. The van der Waals surface area contributed by atoms with Gasteiger partial charge in [0.2, 0.25) is 5.91 Å². The lowest BCUT2D eigenvalue weighted by Gasteiger charge is -2.07. The molecule has 0 saturated carbocycles. The van der Waals surface area contributed by atoms with Crippen LogP contribution in [-0.4, -0.2) is 16.6 Å². The van der Waals surface area contributed by atoms with Crippen molar-refractivity contribution in [3.63, 3.8) is 0 Å². The zero-order chi connectivity index (χ0) is 17.5. The van der Waals surface area contributed by atoms with Gasteiger partial charge in [-0.05, 0) is 23.8 Å². The smallest absolute Gasteiger partial charge is 0.271 e. The van der Waals surface area contributed by atoms with E-state index in [1.165, 1.54) is 30.0 Å². The van der Waals surface area contributed by atoms with E-state index in [0.29, 0.717) is 17.0 Å². The number of nitrogens with one attached hydrogen (secondary N) is 1. The number of hydrogen-bond acceptors (Lipinski definition) is 5. The number of benzene rings is 2. The molecule has 0 heterocycles. The molecular weight excluding hydrogens is 350 g/mol. The van der Waals surface area contributed by atoms with Crippen molar-refractivity contribution < 1.29 is 9.72 Å². The first kappa shape index (κ1) is 17.8. The number of nitriles is 1. The van der Waals surface area contributed by atoms with Gasteiger partial charge in [-0.25, -0.2) is 0 Å². The summed E-state index contributed by atoms with van der Waals surface area (Å²) >= 11 is 7.34. The zero-order valence-corrected chi connectivity index (χ0v) is 13.9. The van der Waals surface area contributed by atoms with Crippen LogP contribution in [0, 0.1) is 21.4 Å². The van der Waals surface area contributed by atoms with Crippen LogP contribution in [-0.2, 0) is 10.5 Å². The first-order valence-electron chi connectivity index (χ1n) is 6.80. The van der Waals surface area contributed by atoms with Crippen LogP contribution in [0.15, 0.2) is 42.5 Å². The molecule has 2 aromatic carbocycles. The van der Waals surface area contributed by atoms with Crippen LogP contribution >= 0.6 is 23.4 Å². The Bertz CT molecular complexity index is 803. The summed E-state index contributed by atoms with van der Waals surface area (Å²) in [6.07, 6.45) is 0. The lowest BCUT2D eigenvalue weighted by atomic mass is 10.2. The van der Waals surface area contributed by atoms with Gasteiger partial charge in [0.05, 0.1) is 33.0 Å². The number of carbonyl (C=O) groups excluding carboxylic acids is 1. The molecule has 8 heteroatoms. The number of non-ortho nitro benzene ring substituents is 1. The number of halogens is 1. The number of nitro benzene ring substituents is 1. The van der Waals surface area contributed by atoms with Crippen LogP contribution in [0.2, 0.25) is 5.02 Å². The molecule has 2 aromatic rings. The molecule has 122 valence electrons. The fourth-order valence-corrected chi connectivity index (χ4v) is 2.85. The highest BCUT2D eigenvalue weighted by molar-refractivity contribution is 7.99. The van der Waals surface area contributed by atoms with Crippen LogP contribution in [0.5, 0.6) is 0 Å². The molecule has 0 radical (unpaired) electrons. The Morgan fingerprint density at radius 2 is 2.00 bits per heavy atom. The summed E-state index contributed by atoms with van der Waals surface area (Å²) in [5, 5.41) is 22.1. The second kappa shape index (κ2) is 8.34. The van der Waals surface area contributed by atoms with Gasteiger partial charge in [0.1, 0.15) is 0 Å². The SMILES string of the molecule is N#Cc1ccc(CSCC(=O)Nc2ccc([N+](=O)[O-])cc2Cl)cc1. The average Bonchev–Trinajstić information content (AvgIpc) is 2.57. The maximum absolute atomic E-state index is 11.9. The van der Waals surface area contributed by atoms with Crippen molar-refractivity contribution in [3.8, 4) is 6.07 Å². The number of nitro groups is 1. The Labute approximate surface area is 147 Å². The Balaban J connectivity index is 1.85. The highest BCUT2D eigenvalue weighted by atomic mass is 35.5. The summed E-state index contributed by atoms with van der Waals surface area (Å²) < 4.78 is 0. The number of hydrogen-bond donors (Lipinski definition) is 1. The summed E-state index contributed by atoms with van der Waals surface area (Å²) in [5.74, 6) is 0.602. The van der Waals surface area contributed by atoms with E-state index < -0.39 is 4.92 Å². The van der Waals surface area contributed by atoms with Crippen molar-refractivity contribution in [2.45, 2.75) is 5.75 Å². The van der Waals surface area contributed by atoms with E-state index in [2.05, 4.69) is 5.32 Å². The second-order valence-corrected chi connectivity index (χ2v) is 6.16. The quantitative estimate of drug-likeness (QED) is 0.619. The minimum atomic E-state index is -0.551. The molecule has 0 fully saturated rings. The lowest BCUT2D eigenvalue weighted by molar-refractivity contribution is -0.384. The van der Waals surface area contributed by atoms with E-state index in [4.69, 9.17) is 16.9 Å². The van der Waals surface area contributed by atoms with Gasteiger partial charge in [-0.2, -0.15) is 5.26 Å². The molecule has 1 N–H and O–H groups in total. The third kappa shape index (κ3) is 4.98. The third-order valence-corrected chi connectivity index (χ3v) is 4.34. The van der Waals surface area contributed by atoms with Crippen LogP contribution in [0.4, 0.5) is 11.4 Å². The molecular formula is C16H12ClN3O3S. The number of thioether (sulfide) groups is 1. The molecule has 0 aliphatic carbocycles. The predicted octanol–water partition coefficient (Wildman–Crippen LogP) is 3.99. The largest absolute Gasteiger partial charge is 0.324 e. The van der Waals surface area contributed by atoms with Gasteiger partial charge in [-0.15, -0.1) is 11.8 Å². The summed E-state index contributed by atoms with van der Waals surface area (Å²) in [6, 6.07) is 13.1. The Kier molecular flexibility index (Phi) is 6.18. The number of rotatable bonds is 6. The van der Waals surface area contributed by atoms with Gasteiger partial charge in [0.25, 0.3) is 5.69 Å². The van der Waals surface area contributed by atoms with Gasteiger partial charge in [0, 0.05) is 17.9 Å². The lowest BCUT2D eigenvalue weighted by Crippen LogP contribution is -2.14. The first-order valence-corrected chi connectivity index (χ1v) is 8.33. The number of amides is 1. The van der Waals surface area contributed by atoms with E-state index in [0.717, 1.165) is 5.56 Å². The highest BCUT2D eigenvalue weighted by Crippen LogP contribution is 2.26. The van der Waals surface area contributed by atoms with Crippen LogP contribution < -0.4 is 5.32 Å². The molecule has 0 bridgehead atoms. The standard InChI is InChI=1S/C16H12ClN3O3S/c17-14-7-13(20(22)23)5-6-15(14)19-16(21)10-24-9-12-3-1-11(8-18)2-4-12/h1-7H,9-10H2,(H,19,21). The highest BCUT2D eigenvalue weighted by Gasteiger charge is 2.11. The van der Waals surface area contributed by atoms with Crippen LogP contribution in [0.1, 0.15) is 11.1 Å². The monoisotopic (exact) mass is 361 g/mol. The summed E-state index contributed by atoms with van der Waals surface area (Å²) in [6.45, 7) is 0. The van der Waals surface area contributed by atoms with Crippen molar-refractivity contribution >= 4 is 40.6 Å². The maximum atomic E-state index is 11.9. The summed E-state index contributed by atoms with van der Waals surface area (Å²) in [4.78, 5) is 22.0. The predicted molar refractivity (Wildman–Crippen MR) is 94.1 cm³/mol. The topological polar surface area (TPSA) is 96.0 Å². The van der Waals surface area contributed by atoms with E-state index in [1.54, 1.807) is 12.1 Å². The minimum absolute atomic E-state index is 0.120. The van der Waals surface area contributed by atoms with E-state index in [1.807, 2.05) is 18.2 Å². The fraction of sp³-hybridized carbons (Fsp3) is 0.125. The first-order chi connectivity index (χ1) is 11.5. The van der Waals surface area contributed by atoms with E-state index >= 15 is 0 Å². The van der Waals surface area contributed by atoms with Crippen LogP contribution in [0.3, 0.4) is 0 Å². The van der Waals surface area contributed by atoms with Crippen molar-refractivity contribution in [2.75, 3.05) is 11.1 Å². The summed E-state index contributed by atoms with van der Waals surface area (Å²) in [5.41, 5.74) is 1.81. The fourth-order valence-electron chi connectivity index (χ4n) is 1.84. The summed E-state index contributed by atoms with van der Waals surface area (Å²) in [7, 11) is 0. The molecule has 0 atom stereocenters. The molecule has 0 unspecified atom stereocenters. The van der Waals surface area contributed by atoms with Crippen LogP contribution in [0.25, 0.3) is 0 Å². The zero-order valence-electron chi connectivity index (χ0n) is 12.4. The molecule has 0 aromatic heterocycles. The Morgan fingerprint density at radius 3 is 2.58 bits per heavy atom. The van der Waals surface area contributed by atoms with Crippen molar-refractivity contribution in [3.05, 3.63) is 68.7 Å². The third-order valence-electron chi connectivity index (χ3n) is 3.02. The molecule has 0 spiro atoms. The Hall–Kier alpha value is -2.56. The van der Waals surface area contributed by atoms with Gasteiger partial charge in [0.15, 0.2) is 0 Å². The van der Waals surface area contributed by atoms with E-state index in [9.17, 15) is 14.9 Å². The van der Waals surface area contributed by atoms with Gasteiger partial charge >= 0.3 is 0 Å². The Morgan fingerprint density at radius 1 is 1.29 bits per heavy atom. The molecule has 0 aliphatic heterocycles. The number of carbonyl (C=O) groups is 1. The molecule has 0 saturated heterocycles. The van der Waals surface area contributed by atoms with Gasteiger partial charge in [-0.3, -0.25) is 14.9 Å². The minimum Gasteiger partial charge on any atom is -0.324 e. The molecule has 1 amide bonds.